The number of anilines is 2. The van der Waals surface area contributed by atoms with Gasteiger partial charge in [-0.3, -0.25) is 14.9 Å². The van der Waals surface area contributed by atoms with Crippen LogP contribution in [0.2, 0.25) is 0 Å². The van der Waals surface area contributed by atoms with E-state index in [0.29, 0.717) is 44.8 Å². The fraction of sp³-hybridized carbons (Fsp3) is 0.421. The zero-order valence-corrected chi connectivity index (χ0v) is 15.3. The lowest BCUT2D eigenvalue weighted by atomic mass is 9.97. The number of rotatable bonds is 4. The smallest absolute Gasteiger partial charge is 0.353 e. The van der Waals surface area contributed by atoms with E-state index >= 15 is 0 Å². The van der Waals surface area contributed by atoms with Gasteiger partial charge in [-0.1, -0.05) is 24.3 Å². The van der Waals surface area contributed by atoms with E-state index in [4.69, 9.17) is 0 Å². The molecule has 0 spiro atoms. The van der Waals surface area contributed by atoms with E-state index in [1.807, 2.05) is 23.1 Å². The van der Waals surface area contributed by atoms with Crippen molar-refractivity contribution < 1.29 is 14.8 Å². The van der Waals surface area contributed by atoms with E-state index < -0.39 is 16.8 Å². The summed E-state index contributed by atoms with van der Waals surface area (Å²) in [6, 6.07) is 8.08. The molecule has 0 amide bonds. The molecule has 0 radical (unpaired) electrons. The molecule has 1 N–H and O–H groups in total. The fourth-order valence-corrected chi connectivity index (χ4v) is 4.00. The first-order valence-corrected chi connectivity index (χ1v) is 9.33. The monoisotopic (exact) mass is 383 g/mol. The quantitative estimate of drug-likeness (QED) is 0.632. The van der Waals surface area contributed by atoms with Gasteiger partial charge >= 0.3 is 11.7 Å². The number of carboxylic acid groups (broad SMARTS) is 1. The van der Waals surface area contributed by atoms with Crippen molar-refractivity contribution in [1.29, 1.82) is 0 Å². The number of hydrogen-bond donors (Lipinski definition) is 1. The Kier molecular flexibility index (Phi) is 4.81. The molecule has 1 aromatic carbocycles. The van der Waals surface area contributed by atoms with Crippen molar-refractivity contribution in [3.8, 4) is 0 Å². The molecule has 4 rings (SSSR count). The first kappa shape index (κ1) is 18.1. The molecular weight excluding hydrogens is 362 g/mol. The Morgan fingerprint density at radius 3 is 2.36 bits per heavy atom. The van der Waals surface area contributed by atoms with Gasteiger partial charge in [-0.25, -0.2) is 9.97 Å². The normalized spacial score (nSPS) is 17.3. The first-order valence-electron chi connectivity index (χ1n) is 9.33. The maximum Gasteiger partial charge on any atom is 0.353 e. The van der Waals surface area contributed by atoms with Gasteiger partial charge < -0.3 is 14.9 Å². The highest BCUT2D eigenvalue weighted by Crippen LogP contribution is 2.37. The minimum Gasteiger partial charge on any atom is -0.481 e. The highest BCUT2D eigenvalue weighted by Gasteiger charge is 2.34. The lowest BCUT2D eigenvalue weighted by molar-refractivity contribution is -0.383. The third kappa shape index (κ3) is 3.35. The number of nitrogens with zero attached hydrogens (tertiary/aromatic N) is 5. The zero-order chi connectivity index (χ0) is 19.7. The third-order valence-corrected chi connectivity index (χ3v) is 5.54. The van der Waals surface area contributed by atoms with Crippen molar-refractivity contribution in [3.63, 3.8) is 0 Å². The molecule has 1 aromatic heterocycles. The molecule has 0 bridgehead atoms. The van der Waals surface area contributed by atoms with Crippen molar-refractivity contribution >= 4 is 23.3 Å². The third-order valence-electron chi connectivity index (χ3n) is 5.54. The molecule has 0 unspecified atom stereocenters. The Morgan fingerprint density at radius 2 is 1.71 bits per heavy atom. The van der Waals surface area contributed by atoms with Gasteiger partial charge in [0.2, 0.25) is 11.6 Å². The number of carboxylic acids is 1. The highest BCUT2D eigenvalue weighted by atomic mass is 16.6. The van der Waals surface area contributed by atoms with E-state index in [2.05, 4.69) is 16.0 Å². The largest absolute Gasteiger partial charge is 0.481 e. The summed E-state index contributed by atoms with van der Waals surface area (Å²) in [6.45, 7) is 2.07. The molecule has 146 valence electrons. The summed E-state index contributed by atoms with van der Waals surface area (Å²) in [4.78, 5) is 34.8. The van der Waals surface area contributed by atoms with Crippen LogP contribution < -0.4 is 9.80 Å². The van der Waals surface area contributed by atoms with Crippen LogP contribution in [0.25, 0.3) is 0 Å². The summed E-state index contributed by atoms with van der Waals surface area (Å²) >= 11 is 0. The molecule has 9 heteroatoms. The Hall–Kier alpha value is -3.23. The van der Waals surface area contributed by atoms with Gasteiger partial charge in [0.15, 0.2) is 0 Å². The maximum atomic E-state index is 11.9. The second-order valence-electron chi connectivity index (χ2n) is 7.17. The van der Waals surface area contributed by atoms with Crippen LogP contribution in [-0.4, -0.2) is 45.6 Å². The molecular formula is C19H21N5O4. The molecule has 2 aliphatic heterocycles. The number of aliphatic carboxylic acids is 1. The summed E-state index contributed by atoms with van der Waals surface area (Å²) in [7, 11) is 0. The Bertz CT molecular complexity index is 911. The van der Waals surface area contributed by atoms with Gasteiger partial charge in [0.1, 0.15) is 6.33 Å². The Balaban J connectivity index is 1.64. The predicted molar refractivity (Wildman–Crippen MR) is 102 cm³/mol. The summed E-state index contributed by atoms with van der Waals surface area (Å²) in [5, 5.41) is 21.1. The standard InChI is InChI=1S/C19H21N5O4/c25-19(26)14-6-8-22(9-7-14)17-16(24(27)28)18(21-12-20-17)23-10-5-13-3-1-2-4-15(13)11-23/h1-4,12,14H,5-11H2,(H,25,26). The second-order valence-corrected chi connectivity index (χ2v) is 7.17. The van der Waals surface area contributed by atoms with Crippen LogP contribution in [0.15, 0.2) is 30.6 Å². The van der Waals surface area contributed by atoms with Crippen molar-refractivity contribution in [2.24, 2.45) is 5.92 Å². The van der Waals surface area contributed by atoms with E-state index in [1.165, 1.54) is 11.9 Å². The van der Waals surface area contributed by atoms with Gasteiger partial charge in [-0.05, 0) is 30.4 Å². The molecule has 1 saturated heterocycles. The second kappa shape index (κ2) is 7.41. The Labute approximate surface area is 161 Å². The van der Waals surface area contributed by atoms with Crippen LogP contribution in [0.1, 0.15) is 24.0 Å². The SMILES string of the molecule is O=C(O)C1CCN(c2ncnc(N3CCc4ccccc4C3)c2[N+](=O)[O-])CC1. The van der Waals surface area contributed by atoms with Gasteiger partial charge in [0.05, 0.1) is 10.8 Å². The minimum absolute atomic E-state index is 0.101. The molecule has 2 aliphatic rings. The van der Waals surface area contributed by atoms with Crippen molar-refractivity contribution in [3.05, 3.63) is 51.8 Å². The van der Waals surface area contributed by atoms with Crippen LogP contribution in [0.3, 0.4) is 0 Å². The number of piperidine rings is 1. The van der Waals surface area contributed by atoms with Gasteiger partial charge in [-0.15, -0.1) is 0 Å². The zero-order valence-electron chi connectivity index (χ0n) is 15.3. The molecule has 0 saturated carbocycles. The van der Waals surface area contributed by atoms with Crippen molar-refractivity contribution in [1.82, 2.24) is 9.97 Å². The van der Waals surface area contributed by atoms with Crippen molar-refractivity contribution in [2.75, 3.05) is 29.4 Å². The van der Waals surface area contributed by atoms with Gasteiger partial charge in [0, 0.05) is 26.2 Å². The maximum absolute atomic E-state index is 11.9. The van der Waals surface area contributed by atoms with E-state index in [-0.39, 0.29) is 11.5 Å². The molecule has 2 aromatic rings. The number of nitro groups is 1. The molecule has 0 atom stereocenters. The number of fused-ring (bicyclic) bond motifs is 1. The lowest BCUT2D eigenvalue weighted by Crippen LogP contribution is -2.38. The molecule has 9 nitrogen and oxygen atoms in total. The average molecular weight is 383 g/mol. The van der Waals surface area contributed by atoms with Crippen LogP contribution >= 0.6 is 0 Å². The number of aromatic nitrogens is 2. The summed E-state index contributed by atoms with van der Waals surface area (Å²) < 4.78 is 0. The molecule has 28 heavy (non-hydrogen) atoms. The van der Waals surface area contributed by atoms with Crippen molar-refractivity contribution in [2.45, 2.75) is 25.8 Å². The average Bonchev–Trinajstić information content (AvgIpc) is 2.72. The highest BCUT2D eigenvalue weighted by molar-refractivity contribution is 5.73. The molecule has 0 aliphatic carbocycles. The number of hydrogen-bond acceptors (Lipinski definition) is 7. The number of carbonyl (C=O) groups is 1. The fourth-order valence-electron chi connectivity index (χ4n) is 4.00. The summed E-state index contributed by atoms with van der Waals surface area (Å²) in [5.41, 5.74) is 2.30. The minimum atomic E-state index is -0.815. The summed E-state index contributed by atoms with van der Waals surface area (Å²) in [5.74, 6) is -0.623. The molecule has 3 heterocycles. The van der Waals surface area contributed by atoms with E-state index in [9.17, 15) is 20.0 Å². The van der Waals surface area contributed by atoms with Crippen LogP contribution in [-0.2, 0) is 17.8 Å². The lowest BCUT2D eigenvalue weighted by Gasteiger charge is -2.32. The van der Waals surface area contributed by atoms with E-state index in [0.717, 1.165) is 12.0 Å². The van der Waals surface area contributed by atoms with Crippen LogP contribution in [0, 0.1) is 16.0 Å². The van der Waals surface area contributed by atoms with Crippen LogP contribution in [0.5, 0.6) is 0 Å². The van der Waals surface area contributed by atoms with Crippen LogP contribution in [0.4, 0.5) is 17.3 Å². The van der Waals surface area contributed by atoms with Gasteiger partial charge in [0.25, 0.3) is 0 Å². The van der Waals surface area contributed by atoms with Gasteiger partial charge in [-0.2, -0.15) is 0 Å². The summed E-state index contributed by atoms with van der Waals surface area (Å²) in [6.07, 6.45) is 3.06. The molecule has 1 fully saturated rings. The predicted octanol–water partition coefficient (Wildman–Crippen LogP) is 2.25. The van der Waals surface area contributed by atoms with E-state index in [1.54, 1.807) is 4.90 Å². The Morgan fingerprint density at radius 1 is 1.07 bits per heavy atom. The number of benzene rings is 1. The first-order chi connectivity index (χ1) is 13.5. The topological polar surface area (TPSA) is 113 Å².